The van der Waals surface area contributed by atoms with Crippen molar-refractivity contribution >= 4 is 17.5 Å². The molecular formula is C20H21ClFNO. The lowest BCUT2D eigenvalue weighted by Crippen LogP contribution is -2.35. The smallest absolute Gasteiger partial charge is 0.227 e. The van der Waals surface area contributed by atoms with Crippen molar-refractivity contribution in [2.24, 2.45) is 0 Å². The molecule has 0 aromatic heterocycles. The van der Waals surface area contributed by atoms with Gasteiger partial charge in [0.1, 0.15) is 5.82 Å². The number of nitrogens with zero attached hydrogens (tertiary/aromatic N) is 1. The van der Waals surface area contributed by atoms with Gasteiger partial charge in [-0.05, 0) is 42.2 Å². The van der Waals surface area contributed by atoms with Crippen LogP contribution in [0.4, 0.5) is 4.39 Å². The second-order valence-electron chi connectivity index (χ2n) is 6.35. The first kappa shape index (κ1) is 17.0. The zero-order valence-electron chi connectivity index (χ0n) is 13.6. The largest absolute Gasteiger partial charge is 0.342 e. The summed E-state index contributed by atoms with van der Waals surface area (Å²) in [5.41, 5.74) is 1.97. The topological polar surface area (TPSA) is 20.3 Å². The highest BCUT2D eigenvalue weighted by Gasteiger charge is 2.23. The van der Waals surface area contributed by atoms with E-state index in [4.69, 9.17) is 11.6 Å². The van der Waals surface area contributed by atoms with Crippen molar-refractivity contribution in [3.63, 3.8) is 0 Å². The van der Waals surface area contributed by atoms with Gasteiger partial charge >= 0.3 is 0 Å². The third-order valence-corrected chi connectivity index (χ3v) is 5.03. The van der Waals surface area contributed by atoms with E-state index in [2.05, 4.69) is 0 Å². The number of benzene rings is 2. The molecule has 0 spiro atoms. The summed E-state index contributed by atoms with van der Waals surface area (Å²) in [5.74, 6) is 0.152. The molecule has 2 aromatic carbocycles. The van der Waals surface area contributed by atoms with Crippen molar-refractivity contribution in [1.29, 1.82) is 0 Å². The first-order chi connectivity index (χ1) is 11.6. The summed E-state index contributed by atoms with van der Waals surface area (Å²) in [6, 6.07) is 14.1. The number of likely N-dealkylation sites (tertiary alicyclic amines) is 1. The maximum absolute atomic E-state index is 13.1. The highest BCUT2D eigenvalue weighted by molar-refractivity contribution is 6.31. The van der Waals surface area contributed by atoms with E-state index in [-0.39, 0.29) is 17.6 Å². The van der Waals surface area contributed by atoms with Crippen molar-refractivity contribution in [1.82, 2.24) is 4.90 Å². The van der Waals surface area contributed by atoms with Crippen molar-refractivity contribution in [3.8, 4) is 0 Å². The zero-order chi connectivity index (χ0) is 16.9. The minimum Gasteiger partial charge on any atom is -0.342 e. The molecule has 1 unspecified atom stereocenters. The highest BCUT2D eigenvalue weighted by atomic mass is 35.5. The number of amides is 1. The summed E-state index contributed by atoms with van der Waals surface area (Å²) in [6.07, 6.45) is 3.45. The molecule has 0 aliphatic carbocycles. The monoisotopic (exact) mass is 345 g/mol. The molecule has 1 amide bonds. The van der Waals surface area contributed by atoms with Gasteiger partial charge in [0, 0.05) is 24.0 Å². The van der Waals surface area contributed by atoms with Crippen LogP contribution in [0.15, 0.2) is 48.5 Å². The van der Waals surface area contributed by atoms with E-state index in [1.807, 2.05) is 41.3 Å². The zero-order valence-corrected chi connectivity index (χ0v) is 14.3. The van der Waals surface area contributed by atoms with Crippen molar-refractivity contribution in [2.45, 2.75) is 31.6 Å². The first-order valence-corrected chi connectivity index (χ1v) is 8.78. The molecule has 24 heavy (non-hydrogen) atoms. The Morgan fingerprint density at radius 2 is 1.88 bits per heavy atom. The molecule has 1 saturated heterocycles. The van der Waals surface area contributed by atoms with Gasteiger partial charge in [-0.1, -0.05) is 48.4 Å². The van der Waals surface area contributed by atoms with Crippen molar-refractivity contribution < 1.29 is 9.18 Å². The average Bonchev–Trinajstić information content (AvgIpc) is 2.84. The van der Waals surface area contributed by atoms with Gasteiger partial charge in [-0.2, -0.15) is 0 Å². The predicted octanol–water partition coefficient (Wildman–Crippen LogP) is 4.82. The molecular weight excluding hydrogens is 325 g/mol. The molecule has 2 nitrogen and oxygen atoms in total. The maximum Gasteiger partial charge on any atom is 0.227 e. The molecule has 0 bridgehead atoms. The van der Waals surface area contributed by atoms with Gasteiger partial charge in [-0.15, -0.1) is 0 Å². The van der Waals surface area contributed by atoms with Gasteiger partial charge in [0.15, 0.2) is 0 Å². The van der Waals surface area contributed by atoms with Crippen LogP contribution in [0, 0.1) is 5.82 Å². The minimum atomic E-state index is -0.223. The Kier molecular flexibility index (Phi) is 5.52. The van der Waals surface area contributed by atoms with Gasteiger partial charge in [0.2, 0.25) is 5.91 Å². The fraction of sp³-hybridized carbons (Fsp3) is 0.350. The molecule has 2 aromatic rings. The average molecular weight is 346 g/mol. The predicted molar refractivity (Wildman–Crippen MR) is 94.7 cm³/mol. The molecule has 1 fully saturated rings. The van der Waals surface area contributed by atoms with Gasteiger partial charge in [-0.25, -0.2) is 4.39 Å². The Hall–Kier alpha value is -1.87. The number of halogens is 2. The summed E-state index contributed by atoms with van der Waals surface area (Å²) in [7, 11) is 0. The van der Waals surface area contributed by atoms with Crippen LogP contribution in [0.5, 0.6) is 0 Å². The van der Waals surface area contributed by atoms with E-state index in [0.717, 1.165) is 36.9 Å². The number of carbonyl (C=O) groups is 1. The van der Waals surface area contributed by atoms with Crippen molar-refractivity contribution in [2.75, 3.05) is 13.1 Å². The highest BCUT2D eigenvalue weighted by Crippen LogP contribution is 2.27. The lowest BCUT2D eigenvalue weighted by atomic mass is 9.94. The summed E-state index contributed by atoms with van der Waals surface area (Å²) in [6.45, 7) is 1.47. The van der Waals surface area contributed by atoms with E-state index in [0.29, 0.717) is 18.0 Å². The number of hydrogen-bond donors (Lipinski definition) is 0. The van der Waals surface area contributed by atoms with E-state index >= 15 is 0 Å². The van der Waals surface area contributed by atoms with Gasteiger partial charge in [0.05, 0.1) is 6.42 Å². The Morgan fingerprint density at radius 3 is 2.62 bits per heavy atom. The number of carbonyl (C=O) groups excluding carboxylic acids is 1. The van der Waals surface area contributed by atoms with Gasteiger partial charge < -0.3 is 4.90 Å². The Morgan fingerprint density at radius 1 is 1.12 bits per heavy atom. The summed E-state index contributed by atoms with van der Waals surface area (Å²) < 4.78 is 13.1. The standard InChI is InChI=1S/C20H21ClFNO/c21-19-7-2-1-5-16(19)13-20(24)23-12-4-3-6-17(14-23)15-8-10-18(22)11-9-15/h1-2,5,7-11,17H,3-4,6,12-14H2. The SMILES string of the molecule is O=C(Cc1ccccc1Cl)N1CCCCC(c2ccc(F)cc2)C1. The van der Waals surface area contributed by atoms with E-state index in [9.17, 15) is 9.18 Å². The molecule has 0 saturated carbocycles. The third kappa shape index (κ3) is 4.15. The summed E-state index contributed by atoms with van der Waals surface area (Å²) in [4.78, 5) is 14.6. The van der Waals surface area contributed by atoms with E-state index in [1.54, 1.807) is 0 Å². The molecule has 1 heterocycles. The normalized spacial score (nSPS) is 18.2. The second kappa shape index (κ2) is 7.80. The van der Waals surface area contributed by atoms with Crippen LogP contribution in [0.3, 0.4) is 0 Å². The molecule has 1 aliphatic rings. The van der Waals surface area contributed by atoms with Crippen molar-refractivity contribution in [3.05, 3.63) is 70.5 Å². The van der Waals surface area contributed by atoms with Crippen LogP contribution in [-0.2, 0) is 11.2 Å². The summed E-state index contributed by atoms with van der Waals surface area (Å²) in [5, 5.41) is 0.635. The fourth-order valence-corrected chi connectivity index (χ4v) is 3.49. The maximum atomic E-state index is 13.1. The number of rotatable bonds is 3. The Labute approximate surface area is 147 Å². The van der Waals surface area contributed by atoms with E-state index < -0.39 is 0 Å². The van der Waals surface area contributed by atoms with Crippen LogP contribution < -0.4 is 0 Å². The second-order valence-corrected chi connectivity index (χ2v) is 6.76. The molecule has 1 aliphatic heterocycles. The molecule has 126 valence electrons. The lowest BCUT2D eigenvalue weighted by Gasteiger charge is -2.25. The Bertz CT molecular complexity index is 701. The fourth-order valence-electron chi connectivity index (χ4n) is 3.29. The molecule has 0 radical (unpaired) electrons. The molecule has 0 N–H and O–H groups in total. The van der Waals surface area contributed by atoms with Crippen LogP contribution in [0.25, 0.3) is 0 Å². The molecule has 4 heteroatoms. The third-order valence-electron chi connectivity index (χ3n) is 4.67. The van der Waals surface area contributed by atoms with Gasteiger partial charge in [0.25, 0.3) is 0 Å². The van der Waals surface area contributed by atoms with Crippen LogP contribution >= 0.6 is 11.6 Å². The minimum absolute atomic E-state index is 0.108. The Balaban J connectivity index is 1.71. The quantitative estimate of drug-likeness (QED) is 0.781. The van der Waals surface area contributed by atoms with Crippen LogP contribution in [0.1, 0.15) is 36.3 Å². The van der Waals surface area contributed by atoms with Gasteiger partial charge in [-0.3, -0.25) is 4.79 Å². The lowest BCUT2D eigenvalue weighted by molar-refractivity contribution is -0.130. The molecule has 3 rings (SSSR count). The van der Waals surface area contributed by atoms with Crippen LogP contribution in [0.2, 0.25) is 5.02 Å². The van der Waals surface area contributed by atoms with Crippen LogP contribution in [-0.4, -0.2) is 23.9 Å². The first-order valence-electron chi connectivity index (χ1n) is 8.40. The van der Waals surface area contributed by atoms with E-state index in [1.165, 1.54) is 12.1 Å². The molecule has 1 atom stereocenters. The summed E-state index contributed by atoms with van der Waals surface area (Å²) >= 11 is 6.17. The number of hydrogen-bond acceptors (Lipinski definition) is 1.